The summed E-state index contributed by atoms with van der Waals surface area (Å²) in [7, 11) is 0. The molecule has 0 spiro atoms. The first kappa shape index (κ1) is 21.3. The van der Waals surface area contributed by atoms with Gasteiger partial charge in [-0.3, -0.25) is 9.69 Å². The molecular formula is C28H30N4O. The van der Waals surface area contributed by atoms with Crippen molar-refractivity contribution in [2.24, 2.45) is 0 Å². The van der Waals surface area contributed by atoms with E-state index in [4.69, 9.17) is 5.73 Å². The molecule has 0 radical (unpaired) electrons. The third-order valence-corrected chi connectivity index (χ3v) is 6.68. The summed E-state index contributed by atoms with van der Waals surface area (Å²) in [4.78, 5) is 20.6. The van der Waals surface area contributed by atoms with E-state index in [1.807, 2.05) is 36.4 Å². The fourth-order valence-electron chi connectivity index (χ4n) is 4.62. The summed E-state index contributed by atoms with van der Waals surface area (Å²) < 4.78 is 0. The fourth-order valence-corrected chi connectivity index (χ4v) is 4.62. The van der Waals surface area contributed by atoms with E-state index in [1.54, 1.807) is 0 Å². The van der Waals surface area contributed by atoms with Gasteiger partial charge >= 0.3 is 0 Å². The zero-order chi connectivity index (χ0) is 22.9. The van der Waals surface area contributed by atoms with Crippen molar-refractivity contribution in [2.75, 3.05) is 36.8 Å². The third kappa shape index (κ3) is 4.37. The van der Waals surface area contributed by atoms with E-state index in [9.17, 15) is 4.79 Å². The van der Waals surface area contributed by atoms with Gasteiger partial charge in [-0.25, -0.2) is 0 Å². The molecule has 3 N–H and O–H groups in total. The predicted molar refractivity (Wildman–Crippen MR) is 139 cm³/mol. The van der Waals surface area contributed by atoms with Gasteiger partial charge in [0, 0.05) is 54.7 Å². The summed E-state index contributed by atoms with van der Waals surface area (Å²) in [6.45, 7) is 8.88. The lowest BCUT2D eigenvalue weighted by molar-refractivity contribution is 0.209. The number of hydrogen-bond acceptors (Lipinski definition) is 4. The average Bonchev–Trinajstić information content (AvgIpc) is 2.84. The zero-order valence-corrected chi connectivity index (χ0v) is 19.2. The molecular weight excluding hydrogens is 408 g/mol. The molecule has 1 aliphatic rings. The van der Waals surface area contributed by atoms with Crippen LogP contribution in [0, 0.1) is 0 Å². The second kappa shape index (κ2) is 8.75. The molecule has 1 aliphatic heterocycles. The summed E-state index contributed by atoms with van der Waals surface area (Å²) in [5.74, 6) is 0. The van der Waals surface area contributed by atoms with Crippen LogP contribution < -0.4 is 16.2 Å². The Bertz CT molecular complexity index is 1320. The Morgan fingerprint density at radius 1 is 0.788 bits per heavy atom. The highest BCUT2D eigenvalue weighted by atomic mass is 16.1. The van der Waals surface area contributed by atoms with E-state index in [0.29, 0.717) is 17.3 Å². The number of nitrogen functional groups attached to an aromatic ring is 1. The maximum atomic E-state index is 12.6. The number of piperazine rings is 1. The Morgan fingerprint density at radius 2 is 1.42 bits per heavy atom. The van der Waals surface area contributed by atoms with Crippen molar-refractivity contribution in [2.45, 2.75) is 19.9 Å². The highest BCUT2D eigenvalue weighted by Crippen LogP contribution is 2.28. The standard InChI is InChI=1S/C28H30N4O/c1-19(2)31-13-15-32(16-14-31)25-10-5-20(6-11-25)22-7-12-27-23(17-22)18-26(28(33)30-27)21-3-8-24(29)9-4-21/h3-12,17-19H,13-16,29H2,1-2H3,(H,30,33). The summed E-state index contributed by atoms with van der Waals surface area (Å²) >= 11 is 0. The van der Waals surface area contributed by atoms with Crippen molar-refractivity contribution < 1.29 is 0 Å². The Labute approximate surface area is 194 Å². The van der Waals surface area contributed by atoms with Crippen molar-refractivity contribution in [3.8, 4) is 22.3 Å². The maximum Gasteiger partial charge on any atom is 0.256 e. The van der Waals surface area contributed by atoms with Gasteiger partial charge in [-0.15, -0.1) is 0 Å². The lowest BCUT2D eigenvalue weighted by Gasteiger charge is -2.38. The van der Waals surface area contributed by atoms with E-state index < -0.39 is 0 Å². The molecule has 0 unspecified atom stereocenters. The van der Waals surface area contributed by atoms with Gasteiger partial charge in [-0.2, -0.15) is 0 Å². The van der Waals surface area contributed by atoms with Gasteiger partial charge in [0.15, 0.2) is 0 Å². The summed E-state index contributed by atoms with van der Waals surface area (Å²) in [6, 6.07) is 25.0. The Morgan fingerprint density at radius 3 is 2.09 bits per heavy atom. The number of fused-ring (bicyclic) bond motifs is 1. The molecule has 33 heavy (non-hydrogen) atoms. The molecule has 3 aromatic carbocycles. The molecule has 0 saturated carbocycles. The number of anilines is 2. The van der Waals surface area contributed by atoms with E-state index >= 15 is 0 Å². The van der Waals surface area contributed by atoms with E-state index in [1.165, 1.54) is 11.3 Å². The number of nitrogens with two attached hydrogens (primary N) is 1. The number of rotatable bonds is 4. The summed E-state index contributed by atoms with van der Waals surface area (Å²) in [5.41, 5.74) is 12.3. The number of nitrogens with zero attached hydrogens (tertiary/aromatic N) is 2. The molecule has 0 aliphatic carbocycles. The number of benzene rings is 3. The molecule has 4 aromatic rings. The van der Waals surface area contributed by atoms with E-state index in [2.05, 4.69) is 65.0 Å². The van der Waals surface area contributed by atoms with Crippen molar-refractivity contribution in [1.29, 1.82) is 0 Å². The zero-order valence-electron chi connectivity index (χ0n) is 19.2. The molecule has 0 atom stereocenters. The normalized spacial score (nSPS) is 14.8. The van der Waals surface area contributed by atoms with Crippen LogP contribution in [-0.4, -0.2) is 42.1 Å². The van der Waals surface area contributed by atoms with Gasteiger partial charge in [0.25, 0.3) is 5.56 Å². The molecule has 1 aromatic heterocycles. The van der Waals surface area contributed by atoms with Crippen LogP contribution in [0.3, 0.4) is 0 Å². The monoisotopic (exact) mass is 438 g/mol. The van der Waals surface area contributed by atoms with Gasteiger partial charge in [0.1, 0.15) is 0 Å². The van der Waals surface area contributed by atoms with Crippen LogP contribution in [0.15, 0.2) is 77.6 Å². The topological polar surface area (TPSA) is 65.4 Å². The Balaban J connectivity index is 1.41. The van der Waals surface area contributed by atoms with Gasteiger partial charge in [0.05, 0.1) is 0 Å². The second-order valence-corrected chi connectivity index (χ2v) is 9.10. The molecule has 1 fully saturated rings. The number of pyridine rings is 1. The quantitative estimate of drug-likeness (QED) is 0.441. The minimum atomic E-state index is -0.0954. The lowest BCUT2D eigenvalue weighted by atomic mass is 10.0. The minimum absolute atomic E-state index is 0.0954. The number of nitrogens with one attached hydrogen (secondary N) is 1. The van der Waals surface area contributed by atoms with Crippen LogP contribution in [0.2, 0.25) is 0 Å². The van der Waals surface area contributed by atoms with Crippen LogP contribution in [0.1, 0.15) is 13.8 Å². The average molecular weight is 439 g/mol. The van der Waals surface area contributed by atoms with Crippen LogP contribution in [-0.2, 0) is 0 Å². The van der Waals surface area contributed by atoms with Gasteiger partial charge in [0.2, 0.25) is 0 Å². The van der Waals surface area contributed by atoms with Crippen LogP contribution in [0.4, 0.5) is 11.4 Å². The van der Waals surface area contributed by atoms with Crippen molar-refractivity contribution in [1.82, 2.24) is 9.88 Å². The molecule has 168 valence electrons. The summed E-state index contributed by atoms with van der Waals surface area (Å²) in [5, 5.41) is 1.01. The first-order valence-electron chi connectivity index (χ1n) is 11.6. The summed E-state index contributed by atoms with van der Waals surface area (Å²) in [6.07, 6.45) is 0. The van der Waals surface area contributed by atoms with Crippen molar-refractivity contribution in [3.63, 3.8) is 0 Å². The van der Waals surface area contributed by atoms with Crippen molar-refractivity contribution in [3.05, 3.63) is 83.2 Å². The molecule has 1 saturated heterocycles. The molecule has 5 rings (SSSR count). The second-order valence-electron chi connectivity index (χ2n) is 9.10. The van der Waals surface area contributed by atoms with Crippen LogP contribution in [0.25, 0.3) is 33.2 Å². The van der Waals surface area contributed by atoms with E-state index in [-0.39, 0.29) is 5.56 Å². The molecule has 0 bridgehead atoms. The Hall–Kier alpha value is -3.57. The first-order chi connectivity index (χ1) is 16.0. The molecule has 0 amide bonds. The van der Waals surface area contributed by atoms with Gasteiger partial charge in [-0.05, 0) is 78.4 Å². The third-order valence-electron chi connectivity index (χ3n) is 6.68. The minimum Gasteiger partial charge on any atom is -0.399 e. The van der Waals surface area contributed by atoms with Gasteiger partial charge < -0.3 is 15.6 Å². The largest absolute Gasteiger partial charge is 0.399 e. The maximum absolute atomic E-state index is 12.6. The molecule has 5 nitrogen and oxygen atoms in total. The van der Waals surface area contributed by atoms with Crippen LogP contribution >= 0.6 is 0 Å². The number of hydrogen-bond donors (Lipinski definition) is 2. The molecule has 2 heterocycles. The van der Waals surface area contributed by atoms with E-state index in [0.717, 1.165) is 48.2 Å². The van der Waals surface area contributed by atoms with Gasteiger partial charge in [-0.1, -0.05) is 30.3 Å². The lowest BCUT2D eigenvalue weighted by Crippen LogP contribution is -2.48. The SMILES string of the molecule is CC(C)N1CCN(c2ccc(-c3ccc4[nH]c(=O)c(-c5ccc(N)cc5)cc4c3)cc2)CC1. The number of H-pyrrole nitrogens is 1. The Kier molecular flexibility index (Phi) is 5.65. The fraction of sp³-hybridized carbons (Fsp3) is 0.250. The first-order valence-corrected chi connectivity index (χ1v) is 11.6. The van der Waals surface area contributed by atoms with Crippen LogP contribution in [0.5, 0.6) is 0 Å². The smallest absolute Gasteiger partial charge is 0.256 e. The number of aromatic nitrogens is 1. The number of aromatic amines is 1. The highest BCUT2D eigenvalue weighted by Gasteiger charge is 2.19. The predicted octanol–water partition coefficient (Wildman–Crippen LogP) is 4.97. The highest BCUT2D eigenvalue weighted by molar-refractivity contribution is 5.88. The van der Waals surface area contributed by atoms with Crippen molar-refractivity contribution >= 4 is 22.3 Å². The molecule has 5 heteroatoms.